The first-order valence-electron chi connectivity index (χ1n) is 12.8. The summed E-state index contributed by atoms with van der Waals surface area (Å²) < 4.78 is 0. The standard InChI is InChI=1S/C29H32N8O2/c1-18-17-23(29(39)37(32)24-10-7-22(8-11-24)28-34-14-16-36(28)31)9-12-25(18)26(38)19(2)20-3-5-21(6-4-20)27-33-13-15-35(27)30/h3-12,17,19H,13-16,30-32H2,1-2H3/t19-/m0/s1. The molecule has 1 atom stereocenters. The molecular formula is C29H32N8O2. The van der Waals surface area contributed by atoms with Gasteiger partial charge in [0.25, 0.3) is 5.91 Å². The summed E-state index contributed by atoms with van der Waals surface area (Å²) in [4.78, 5) is 35.3. The Morgan fingerprint density at radius 1 is 0.846 bits per heavy atom. The van der Waals surface area contributed by atoms with Gasteiger partial charge in [-0.3, -0.25) is 29.6 Å². The first-order chi connectivity index (χ1) is 18.7. The number of Topliss-reactive ketones (excluding diaryl/α,β-unsaturated/α-hetero) is 1. The number of hydrazine groups is 3. The molecule has 5 rings (SSSR count). The fourth-order valence-electron chi connectivity index (χ4n) is 4.84. The second-order valence-corrected chi connectivity index (χ2v) is 9.76. The number of aryl methyl sites for hydroxylation is 1. The monoisotopic (exact) mass is 524 g/mol. The summed E-state index contributed by atoms with van der Waals surface area (Å²) in [6, 6.07) is 20.0. The van der Waals surface area contributed by atoms with Crippen LogP contribution in [0.15, 0.2) is 76.7 Å². The first-order valence-corrected chi connectivity index (χ1v) is 12.8. The van der Waals surface area contributed by atoms with Crippen molar-refractivity contribution in [1.29, 1.82) is 0 Å². The smallest absolute Gasteiger partial charge is 0.272 e. The molecular weight excluding hydrogens is 492 g/mol. The van der Waals surface area contributed by atoms with E-state index in [4.69, 9.17) is 17.5 Å². The second-order valence-electron chi connectivity index (χ2n) is 9.76. The number of hydrogen-bond acceptors (Lipinski definition) is 9. The van der Waals surface area contributed by atoms with Crippen LogP contribution >= 0.6 is 0 Å². The van der Waals surface area contributed by atoms with Crippen LogP contribution in [0.25, 0.3) is 0 Å². The number of amides is 1. The van der Waals surface area contributed by atoms with E-state index in [-0.39, 0.29) is 17.6 Å². The summed E-state index contributed by atoms with van der Waals surface area (Å²) in [6.45, 7) is 6.40. The van der Waals surface area contributed by atoms with Gasteiger partial charge in [0.15, 0.2) is 5.78 Å². The van der Waals surface area contributed by atoms with Gasteiger partial charge in [0.1, 0.15) is 11.7 Å². The van der Waals surface area contributed by atoms with Crippen molar-refractivity contribution in [3.8, 4) is 0 Å². The summed E-state index contributed by atoms with van der Waals surface area (Å²) in [5.74, 6) is 18.8. The van der Waals surface area contributed by atoms with Crippen molar-refractivity contribution in [2.45, 2.75) is 19.8 Å². The Kier molecular flexibility index (Phi) is 7.25. The normalized spacial score (nSPS) is 15.7. The number of anilines is 1. The van der Waals surface area contributed by atoms with Gasteiger partial charge in [-0.15, -0.1) is 0 Å². The molecule has 0 radical (unpaired) electrons. The maximum absolute atomic E-state index is 13.4. The van der Waals surface area contributed by atoms with Gasteiger partial charge >= 0.3 is 0 Å². The summed E-state index contributed by atoms with van der Waals surface area (Å²) in [6.07, 6.45) is 0. The van der Waals surface area contributed by atoms with E-state index >= 15 is 0 Å². The largest absolute Gasteiger partial charge is 0.293 e. The summed E-state index contributed by atoms with van der Waals surface area (Å²) in [7, 11) is 0. The molecule has 10 heteroatoms. The molecule has 0 aliphatic carbocycles. The minimum atomic E-state index is -0.379. The van der Waals surface area contributed by atoms with E-state index < -0.39 is 0 Å². The Morgan fingerprint density at radius 2 is 1.38 bits per heavy atom. The molecule has 0 fully saturated rings. The molecule has 2 aliphatic rings. The fourth-order valence-corrected chi connectivity index (χ4v) is 4.84. The predicted molar refractivity (Wildman–Crippen MR) is 152 cm³/mol. The van der Waals surface area contributed by atoms with Crippen LogP contribution in [0.3, 0.4) is 0 Å². The molecule has 0 saturated heterocycles. The highest BCUT2D eigenvalue weighted by Crippen LogP contribution is 2.25. The Balaban J connectivity index is 1.28. The minimum Gasteiger partial charge on any atom is -0.293 e. The third-order valence-corrected chi connectivity index (χ3v) is 7.17. The van der Waals surface area contributed by atoms with Crippen molar-refractivity contribution in [1.82, 2.24) is 10.0 Å². The van der Waals surface area contributed by atoms with Gasteiger partial charge in [-0.05, 0) is 54.4 Å². The number of aliphatic imine (C=N–C) groups is 2. The molecule has 3 aromatic rings. The molecule has 0 unspecified atom stereocenters. The van der Waals surface area contributed by atoms with E-state index in [1.54, 1.807) is 40.3 Å². The van der Waals surface area contributed by atoms with Gasteiger partial charge in [0.2, 0.25) is 0 Å². The molecule has 39 heavy (non-hydrogen) atoms. The van der Waals surface area contributed by atoms with Crippen molar-refractivity contribution >= 4 is 29.0 Å². The van der Waals surface area contributed by atoms with Crippen molar-refractivity contribution < 1.29 is 9.59 Å². The van der Waals surface area contributed by atoms with Crippen LogP contribution in [0.4, 0.5) is 5.69 Å². The van der Waals surface area contributed by atoms with Crippen molar-refractivity contribution in [3.63, 3.8) is 0 Å². The number of nitrogens with zero attached hydrogens (tertiary/aromatic N) is 5. The number of hydrogen-bond donors (Lipinski definition) is 3. The lowest BCUT2D eigenvalue weighted by molar-refractivity contribution is 0.0960. The highest BCUT2D eigenvalue weighted by molar-refractivity contribution is 6.08. The summed E-state index contributed by atoms with van der Waals surface area (Å²) >= 11 is 0. The zero-order valence-corrected chi connectivity index (χ0v) is 22.0. The van der Waals surface area contributed by atoms with E-state index in [1.807, 2.05) is 50.2 Å². The van der Waals surface area contributed by atoms with Crippen LogP contribution in [0.2, 0.25) is 0 Å². The van der Waals surface area contributed by atoms with Crippen molar-refractivity contribution in [2.24, 2.45) is 27.5 Å². The number of rotatable bonds is 7. The average molecular weight is 525 g/mol. The van der Waals surface area contributed by atoms with E-state index in [2.05, 4.69) is 9.98 Å². The first kappa shape index (κ1) is 26.2. The fraction of sp³-hybridized carbons (Fsp3) is 0.241. The van der Waals surface area contributed by atoms with Crippen LogP contribution in [0.5, 0.6) is 0 Å². The Bertz CT molecular complexity index is 1460. The number of amidine groups is 2. The van der Waals surface area contributed by atoms with Crippen LogP contribution in [0, 0.1) is 6.92 Å². The Hall–Kier alpha value is -4.38. The van der Waals surface area contributed by atoms with Gasteiger partial charge in [-0.1, -0.05) is 37.3 Å². The van der Waals surface area contributed by atoms with Gasteiger partial charge in [0.05, 0.1) is 31.9 Å². The number of carbonyl (C=O) groups is 2. The maximum atomic E-state index is 13.4. The highest BCUT2D eigenvalue weighted by Gasteiger charge is 2.23. The maximum Gasteiger partial charge on any atom is 0.272 e. The van der Waals surface area contributed by atoms with Crippen LogP contribution in [0.1, 0.15) is 55.8 Å². The quantitative estimate of drug-likeness (QED) is 0.186. The molecule has 2 aliphatic heterocycles. The van der Waals surface area contributed by atoms with Crippen molar-refractivity contribution in [3.05, 3.63) is 100 Å². The molecule has 10 nitrogen and oxygen atoms in total. The molecule has 200 valence electrons. The lowest BCUT2D eigenvalue weighted by Crippen LogP contribution is -2.38. The van der Waals surface area contributed by atoms with Crippen LogP contribution < -0.4 is 22.5 Å². The van der Waals surface area contributed by atoms with E-state index in [9.17, 15) is 9.59 Å². The minimum absolute atomic E-state index is 0.0260. The van der Waals surface area contributed by atoms with Crippen LogP contribution in [-0.4, -0.2) is 59.6 Å². The number of benzene rings is 3. The number of ketones is 1. The lowest BCUT2D eigenvalue weighted by Gasteiger charge is -2.19. The second kappa shape index (κ2) is 10.8. The molecule has 6 N–H and O–H groups in total. The molecule has 0 bridgehead atoms. The van der Waals surface area contributed by atoms with Gasteiger partial charge in [0, 0.05) is 28.2 Å². The third kappa shape index (κ3) is 5.17. The van der Waals surface area contributed by atoms with Crippen molar-refractivity contribution in [2.75, 3.05) is 31.2 Å². The third-order valence-electron chi connectivity index (χ3n) is 7.17. The molecule has 2 heterocycles. The molecule has 0 aromatic heterocycles. The highest BCUT2D eigenvalue weighted by atomic mass is 16.2. The number of carbonyl (C=O) groups excluding carboxylic acids is 2. The summed E-state index contributed by atoms with van der Waals surface area (Å²) in [5, 5.41) is 4.33. The van der Waals surface area contributed by atoms with Gasteiger partial charge in [-0.25, -0.2) is 22.5 Å². The molecule has 0 saturated carbocycles. The molecule has 1 amide bonds. The zero-order chi connectivity index (χ0) is 27.7. The Morgan fingerprint density at radius 3 is 1.87 bits per heavy atom. The van der Waals surface area contributed by atoms with Gasteiger partial charge < -0.3 is 0 Å². The summed E-state index contributed by atoms with van der Waals surface area (Å²) in [5.41, 5.74) is 4.87. The van der Waals surface area contributed by atoms with E-state index in [1.165, 1.54) is 0 Å². The number of nitrogens with two attached hydrogens (primary N) is 3. The van der Waals surface area contributed by atoms with E-state index in [0.717, 1.165) is 27.5 Å². The lowest BCUT2D eigenvalue weighted by atomic mass is 9.89. The topological polar surface area (TPSA) is 147 Å². The average Bonchev–Trinajstić information content (AvgIpc) is 3.59. The molecule has 3 aromatic carbocycles. The van der Waals surface area contributed by atoms with Gasteiger partial charge in [-0.2, -0.15) is 0 Å². The zero-order valence-electron chi connectivity index (χ0n) is 22.0. The predicted octanol–water partition coefficient (Wildman–Crippen LogP) is 2.37. The van der Waals surface area contributed by atoms with E-state index in [0.29, 0.717) is 54.4 Å². The van der Waals surface area contributed by atoms with Crippen LogP contribution in [-0.2, 0) is 0 Å². The molecule has 0 spiro atoms. The Labute approximate surface area is 227 Å². The SMILES string of the molecule is Cc1cc(C(=O)N(N)c2ccc(C3=NCCN3N)cc2)ccc1C(=O)[C@@H](C)c1ccc(C2=NCCN2N)cc1.